The number of anilines is 2. The molecule has 0 saturated carbocycles. The van der Waals surface area contributed by atoms with Gasteiger partial charge in [-0.05, 0) is 90.2 Å². The Morgan fingerprint density at radius 3 is 2.14 bits per heavy atom. The smallest absolute Gasteiger partial charge is 0.333 e. The number of urea groups is 1. The largest absolute Gasteiger partial charge is 0.493 e. The van der Waals surface area contributed by atoms with Crippen molar-refractivity contribution in [3.8, 4) is 17.2 Å². The van der Waals surface area contributed by atoms with Crippen LogP contribution >= 0.6 is 0 Å². The van der Waals surface area contributed by atoms with Crippen LogP contribution in [-0.2, 0) is 24.2 Å². The third kappa shape index (κ3) is 7.25. The van der Waals surface area contributed by atoms with Gasteiger partial charge in [0.05, 0.1) is 19.9 Å². The van der Waals surface area contributed by atoms with Gasteiger partial charge in [-0.25, -0.2) is 9.69 Å². The van der Waals surface area contributed by atoms with Crippen molar-refractivity contribution < 1.29 is 28.6 Å². The van der Waals surface area contributed by atoms with Crippen molar-refractivity contribution >= 4 is 29.3 Å². The van der Waals surface area contributed by atoms with E-state index in [-0.39, 0.29) is 5.56 Å². The average Bonchev–Trinajstić information content (AvgIpc) is 3.04. The fourth-order valence-electron chi connectivity index (χ4n) is 5.22. The van der Waals surface area contributed by atoms with Crippen LogP contribution < -0.4 is 24.4 Å². The third-order valence-corrected chi connectivity index (χ3v) is 7.50. The summed E-state index contributed by atoms with van der Waals surface area (Å²) in [5.74, 6) is 0.850. The molecule has 1 aliphatic heterocycles. The van der Waals surface area contributed by atoms with Crippen LogP contribution in [0.25, 0.3) is 0 Å². The van der Waals surface area contributed by atoms with Crippen LogP contribution in [0.4, 0.5) is 16.2 Å². The number of ether oxygens (including phenoxy) is 3. The van der Waals surface area contributed by atoms with Gasteiger partial charge in [-0.15, -0.1) is 0 Å². The molecule has 0 radical (unpaired) electrons. The van der Waals surface area contributed by atoms with Crippen LogP contribution in [0, 0.1) is 0 Å². The molecule has 5 rings (SSSR count). The maximum absolute atomic E-state index is 13.5. The van der Waals surface area contributed by atoms with Crippen LogP contribution in [0.5, 0.6) is 17.2 Å². The summed E-state index contributed by atoms with van der Waals surface area (Å²) in [6.45, 7) is 4.01. The number of nitrogens with zero attached hydrogens (tertiary/aromatic N) is 2. The number of nitrogens with one attached hydrogen (secondary N) is 1. The summed E-state index contributed by atoms with van der Waals surface area (Å²) in [5, 5.41) is 2.86. The van der Waals surface area contributed by atoms with Crippen LogP contribution in [0.15, 0.2) is 91.0 Å². The van der Waals surface area contributed by atoms with Crippen molar-refractivity contribution in [1.82, 2.24) is 4.90 Å². The second kappa shape index (κ2) is 13.9. The van der Waals surface area contributed by atoms with E-state index in [0.29, 0.717) is 17.1 Å². The zero-order chi connectivity index (χ0) is 31.1. The molecule has 0 fully saturated rings. The molecule has 1 aliphatic rings. The molecule has 0 aliphatic carbocycles. The first-order valence-electron chi connectivity index (χ1n) is 14.4. The summed E-state index contributed by atoms with van der Waals surface area (Å²) in [7, 11) is 3.31. The zero-order valence-electron chi connectivity index (χ0n) is 25.0. The number of fused-ring (bicyclic) bond motifs is 1. The molecule has 1 N–H and O–H groups in total. The summed E-state index contributed by atoms with van der Waals surface area (Å²) in [5.41, 5.74) is 4.96. The molecule has 226 valence electrons. The second-order valence-corrected chi connectivity index (χ2v) is 10.5. The standard InChI is InChI=1S/C35H35N3O6/c1-24(39)44-31-15-11-26(12-16-31)34(40)38(30-7-5-4-6-8-30)35(41)36-29-13-9-25(10-14-29)17-19-37-20-18-27-21-32(42-2)33(43-3)22-28(27)23-37/h4-16,21-22H,17-20,23H2,1-3H3,(H,36,41). The first kappa shape index (κ1) is 30.3. The van der Waals surface area contributed by atoms with Gasteiger partial charge in [0, 0.05) is 37.8 Å². The van der Waals surface area contributed by atoms with E-state index in [1.165, 1.54) is 42.3 Å². The Bertz CT molecular complexity index is 1620. The summed E-state index contributed by atoms with van der Waals surface area (Å²) in [6.07, 6.45) is 1.81. The monoisotopic (exact) mass is 593 g/mol. The molecule has 4 aromatic rings. The van der Waals surface area contributed by atoms with Gasteiger partial charge in [0.1, 0.15) is 5.75 Å². The van der Waals surface area contributed by atoms with Gasteiger partial charge in [0.15, 0.2) is 11.5 Å². The van der Waals surface area contributed by atoms with Gasteiger partial charge in [0.2, 0.25) is 0 Å². The Kier molecular flexibility index (Phi) is 9.56. The van der Waals surface area contributed by atoms with E-state index >= 15 is 0 Å². The number of hydrogen-bond acceptors (Lipinski definition) is 7. The summed E-state index contributed by atoms with van der Waals surface area (Å²) < 4.78 is 16.0. The maximum atomic E-state index is 13.5. The average molecular weight is 594 g/mol. The fraction of sp³-hybridized carbons (Fsp3) is 0.229. The predicted octanol–water partition coefficient (Wildman–Crippen LogP) is 6.11. The van der Waals surface area contributed by atoms with Crippen molar-refractivity contribution in [2.24, 2.45) is 0 Å². The van der Waals surface area contributed by atoms with Gasteiger partial charge in [-0.3, -0.25) is 14.5 Å². The molecule has 0 unspecified atom stereocenters. The van der Waals surface area contributed by atoms with E-state index in [9.17, 15) is 14.4 Å². The number of esters is 1. The van der Waals surface area contributed by atoms with Gasteiger partial charge in [-0.2, -0.15) is 0 Å². The predicted molar refractivity (Wildman–Crippen MR) is 169 cm³/mol. The maximum Gasteiger partial charge on any atom is 0.333 e. The number of amides is 3. The number of carbonyl (C=O) groups excluding carboxylic acids is 3. The third-order valence-electron chi connectivity index (χ3n) is 7.50. The van der Waals surface area contributed by atoms with Crippen LogP contribution in [0.3, 0.4) is 0 Å². The lowest BCUT2D eigenvalue weighted by atomic mass is 9.98. The molecule has 44 heavy (non-hydrogen) atoms. The Labute approximate surface area is 257 Å². The first-order valence-corrected chi connectivity index (χ1v) is 14.4. The highest BCUT2D eigenvalue weighted by Gasteiger charge is 2.25. The number of para-hydroxylation sites is 1. The molecule has 9 heteroatoms. The minimum absolute atomic E-state index is 0.271. The Hall–Kier alpha value is -5.15. The van der Waals surface area contributed by atoms with Crippen LogP contribution in [-0.4, -0.2) is 50.1 Å². The Morgan fingerprint density at radius 2 is 1.50 bits per heavy atom. The summed E-state index contributed by atoms with van der Waals surface area (Å²) >= 11 is 0. The molecule has 0 spiro atoms. The molecule has 4 aromatic carbocycles. The topological polar surface area (TPSA) is 97.4 Å². The molecule has 3 amide bonds. The second-order valence-electron chi connectivity index (χ2n) is 10.5. The molecule has 0 atom stereocenters. The van der Waals surface area contributed by atoms with E-state index < -0.39 is 17.9 Å². The lowest BCUT2D eigenvalue weighted by Crippen LogP contribution is -2.40. The van der Waals surface area contributed by atoms with Crippen molar-refractivity contribution in [1.29, 1.82) is 0 Å². The molecule has 9 nitrogen and oxygen atoms in total. The van der Waals surface area contributed by atoms with Crippen molar-refractivity contribution in [2.45, 2.75) is 26.3 Å². The lowest BCUT2D eigenvalue weighted by Gasteiger charge is -2.29. The van der Waals surface area contributed by atoms with Crippen LogP contribution in [0.2, 0.25) is 0 Å². The van der Waals surface area contributed by atoms with Crippen molar-refractivity contribution in [3.63, 3.8) is 0 Å². The highest BCUT2D eigenvalue weighted by atomic mass is 16.5. The number of benzene rings is 4. The molecule has 0 bridgehead atoms. The number of carbonyl (C=O) groups is 3. The molecule has 1 heterocycles. The van der Waals surface area contributed by atoms with Gasteiger partial charge < -0.3 is 19.5 Å². The van der Waals surface area contributed by atoms with E-state index in [0.717, 1.165) is 54.4 Å². The molecular formula is C35H35N3O6. The molecule has 0 aromatic heterocycles. The minimum Gasteiger partial charge on any atom is -0.493 e. The van der Waals surface area contributed by atoms with E-state index in [1.54, 1.807) is 38.5 Å². The number of hydrogen-bond donors (Lipinski definition) is 1. The number of rotatable bonds is 9. The fourth-order valence-corrected chi connectivity index (χ4v) is 5.22. The van der Waals surface area contributed by atoms with E-state index in [4.69, 9.17) is 14.2 Å². The first-order chi connectivity index (χ1) is 21.3. The quantitative estimate of drug-likeness (QED) is 0.185. The van der Waals surface area contributed by atoms with E-state index in [2.05, 4.69) is 22.3 Å². The van der Waals surface area contributed by atoms with Crippen molar-refractivity contribution in [3.05, 3.63) is 113 Å². The zero-order valence-corrected chi connectivity index (χ0v) is 25.0. The minimum atomic E-state index is -0.586. The van der Waals surface area contributed by atoms with Gasteiger partial charge in [-0.1, -0.05) is 30.3 Å². The van der Waals surface area contributed by atoms with Gasteiger partial charge >= 0.3 is 12.0 Å². The highest BCUT2D eigenvalue weighted by Crippen LogP contribution is 2.33. The number of imide groups is 1. The summed E-state index contributed by atoms with van der Waals surface area (Å²) in [6, 6.07) is 26.0. The van der Waals surface area contributed by atoms with Gasteiger partial charge in [0.25, 0.3) is 5.91 Å². The lowest BCUT2D eigenvalue weighted by molar-refractivity contribution is -0.131. The number of methoxy groups -OCH3 is 2. The van der Waals surface area contributed by atoms with Crippen LogP contribution in [0.1, 0.15) is 34.0 Å². The van der Waals surface area contributed by atoms with E-state index in [1.807, 2.05) is 30.3 Å². The normalized spacial score (nSPS) is 12.5. The molecule has 0 saturated heterocycles. The Balaban J connectivity index is 1.22. The molecular weight excluding hydrogens is 558 g/mol. The van der Waals surface area contributed by atoms with Crippen molar-refractivity contribution in [2.75, 3.05) is 37.5 Å². The Morgan fingerprint density at radius 1 is 0.841 bits per heavy atom. The highest BCUT2D eigenvalue weighted by molar-refractivity contribution is 6.23. The SMILES string of the molecule is COc1cc2c(cc1OC)CN(CCc1ccc(NC(=O)N(C(=O)c3ccc(OC(C)=O)cc3)c3ccccc3)cc1)CC2. The summed E-state index contributed by atoms with van der Waals surface area (Å²) in [4.78, 5) is 41.7.